The van der Waals surface area contributed by atoms with Gasteiger partial charge in [0.1, 0.15) is 5.15 Å². The van der Waals surface area contributed by atoms with Crippen LogP contribution in [0.1, 0.15) is 29.2 Å². The fraction of sp³-hybridized carbons (Fsp3) is 0.438. The number of benzene rings is 1. The second kappa shape index (κ2) is 5.79. The molecule has 21 heavy (non-hydrogen) atoms. The highest BCUT2D eigenvalue weighted by atomic mass is 35.5. The van der Waals surface area contributed by atoms with Gasteiger partial charge in [-0.05, 0) is 37.2 Å². The van der Waals surface area contributed by atoms with Crippen LogP contribution in [0.4, 0.5) is 0 Å². The van der Waals surface area contributed by atoms with E-state index in [0.717, 1.165) is 17.7 Å². The fourth-order valence-corrected chi connectivity index (χ4v) is 3.45. The van der Waals surface area contributed by atoms with Gasteiger partial charge in [0.05, 0.1) is 5.69 Å². The van der Waals surface area contributed by atoms with Gasteiger partial charge in [-0.3, -0.25) is 16.0 Å². The van der Waals surface area contributed by atoms with Gasteiger partial charge in [-0.15, -0.1) is 0 Å². The summed E-state index contributed by atoms with van der Waals surface area (Å²) < 4.78 is 1.72. The molecule has 3 N–H and O–H groups in total. The monoisotopic (exact) mass is 304 g/mol. The molecule has 1 aliphatic rings. The maximum Gasteiger partial charge on any atom is 0.130 e. The number of hydrazine groups is 1. The van der Waals surface area contributed by atoms with Gasteiger partial charge in [0.25, 0.3) is 0 Å². The molecular weight excluding hydrogens is 284 g/mol. The summed E-state index contributed by atoms with van der Waals surface area (Å²) in [5.74, 6) is 6.95. The van der Waals surface area contributed by atoms with Gasteiger partial charge in [0, 0.05) is 18.7 Å². The van der Waals surface area contributed by atoms with Crippen molar-refractivity contribution in [2.75, 3.05) is 0 Å². The van der Waals surface area contributed by atoms with E-state index in [-0.39, 0.29) is 6.04 Å². The average molecular weight is 305 g/mol. The standard InChI is InChI=1S/C16H21ClN4/c1-10-12(16(17)21(2)20-10)9-15(19-18)14-8-13(14)11-6-4-3-5-7-11/h3-7,13-15,19H,8-9,18H2,1-2H3. The van der Waals surface area contributed by atoms with Crippen molar-refractivity contribution in [2.45, 2.75) is 31.7 Å². The van der Waals surface area contributed by atoms with Crippen molar-refractivity contribution in [2.24, 2.45) is 18.8 Å². The molecule has 0 amide bonds. The van der Waals surface area contributed by atoms with E-state index in [1.165, 1.54) is 12.0 Å². The number of hydrogen-bond acceptors (Lipinski definition) is 3. The molecule has 1 aromatic heterocycles. The largest absolute Gasteiger partial charge is 0.271 e. The Kier molecular flexibility index (Phi) is 4.02. The van der Waals surface area contributed by atoms with Crippen LogP contribution in [0.3, 0.4) is 0 Å². The van der Waals surface area contributed by atoms with Crippen molar-refractivity contribution in [3.05, 3.63) is 52.3 Å². The zero-order valence-electron chi connectivity index (χ0n) is 12.4. The number of aromatic nitrogens is 2. The number of hydrogen-bond donors (Lipinski definition) is 2. The van der Waals surface area contributed by atoms with E-state index in [0.29, 0.717) is 17.0 Å². The van der Waals surface area contributed by atoms with E-state index in [4.69, 9.17) is 17.4 Å². The quantitative estimate of drug-likeness (QED) is 0.659. The highest BCUT2D eigenvalue weighted by Gasteiger charge is 2.43. The highest BCUT2D eigenvalue weighted by Crippen LogP contribution is 2.50. The second-order valence-corrected chi connectivity index (χ2v) is 6.23. The SMILES string of the molecule is Cc1nn(C)c(Cl)c1CC(NN)C1CC1c1ccccc1. The molecule has 0 aliphatic heterocycles. The van der Waals surface area contributed by atoms with Crippen LogP contribution in [-0.2, 0) is 13.5 Å². The van der Waals surface area contributed by atoms with Gasteiger partial charge < -0.3 is 0 Å². The number of nitrogens with one attached hydrogen (secondary N) is 1. The molecule has 3 atom stereocenters. The topological polar surface area (TPSA) is 55.9 Å². The maximum atomic E-state index is 6.33. The van der Waals surface area contributed by atoms with Crippen molar-refractivity contribution < 1.29 is 0 Å². The van der Waals surface area contributed by atoms with Gasteiger partial charge in [-0.2, -0.15) is 5.10 Å². The summed E-state index contributed by atoms with van der Waals surface area (Å²) in [6.07, 6.45) is 2.00. The molecule has 4 nitrogen and oxygen atoms in total. The number of aryl methyl sites for hydroxylation is 2. The predicted octanol–water partition coefficient (Wildman–Crippen LogP) is 2.56. The van der Waals surface area contributed by atoms with E-state index in [9.17, 15) is 0 Å². The lowest BCUT2D eigenvalue weighted by atomic mass is 10.00. The minimum Gasteiger partial charge on any atom is -0.271 e. The first-order valence-corrected chi connectivity index (χ1v) is 7.68. The Morgan fingerprint density at radius 2 is 2.14 bits per heavy atom. The van der Waals surface area contributed by atoms with Crippen LogP contribution in [-0.4, -0.2) is 15.8 Å². The molecule has 1 aliphatic carbocycles. The lowest BCUT2D eigenvalue weighted by Gasteiger charge is -2.16. The zero-order valence-corrected chi connectivity index (χ0v) is 13.1. The van der Waals surface area contributed by atoms with E-state index < -0.39 is 0 Å². The summed E-state index contributed by atoms with van der Waals surface area (Å²) >= 11 is 6.33. The molecular formula is C16H21ClN4. The van der Waals surface area contributed by atoms with Gasteiger partial charge in [-0.1, -0.05) is 41.9 Å². The summed E-state index contributed by atoms with van der Waals surface area (Å²) in [6.45, 7) is 2.00. The Bertz CT molecular complexity index is 623. The van der Waals surface area contributed by atoms with Crippen molar-refractivity contribution in [3.63, 3.8) is 0 Å². The van der Waals surface area contributed by atoms with Crippen molar-refractivity contribution in [3.8, 4) is 0 Å². The smallest absolute Gasteiger partial charge is 0.130 e. The molecule has 1 heterocycles. The lowest BCUT2D eigenvalue weighted by Crippen LogP contribution is -2.39. The molecule has 5 heteroatoms. The molecule has 0 spiro atoms. The summed E-state index contributed by atoms with van der Waals surface area (Å²) in [6, 6.07) is 10.9. The Hall–Kier alpha value is -1.36. The maximum absolute atomic E-state index is 6.33. The molecule has 3 unspecified atom stereocenters. The molecule has 1 aromatic carbocycles. The molecule has 112 valence electrons. The second-order valence-electron chi connectivity index (χ2n) is 5.87. The van der Waals surface area contributed by atoms with Crippen molar-refractivity contribution in [1.82, 2.24) is 15.2 Å². The van der Waals surface area contributed by atoms with Crippen molar-refractivity contribution in [1.29, 1.82) is 0 Å². The van der Waals surface area contributed by atoms with Crippen LogP contribution in [0.25, 0.3) is 0 Å². The van der Waals surface area contributed by atoms with E-state index in [1.54, 1.807) is 4.68 Å². The van der Waals surface area contributed by atoms with Crippen molar-refractivity contribution >= 4 is 11.6 Å². The Morgan fingerprint density at radius 1 is 1.43 bits per heavy atom. The van der Waals surface area contributed by atoms with Gasteiger partial charge in [0.15, 0.2) is 0 Å². The first-order valence-electron chi connectivity index (χ1n) is 7.31. The van der Waals surface area contributed by atoms with E-state index in [2.05, 4.69) is 40.9 Å². The minimum absolute atomic E-state index is 0.232. The van der Waals surface area contributed by atoms with Crippen LogP contribution in [0.5, 0.6) is 0 Å². The first kappa shape index (κ1) is 14.6. The Morgan fingerprint density at radius 3 is 2.71 bits per heavy atom. The molecule has 1 fully saturated rings. The number of halogens is 1. The van der Waals surface area contributed by atoms with Crippen LogP contribution in [0, 0.1) is 12.8 Å². The third-order valence-electron chi connectivity index (χ3n) is 4.49. The number of rotatable bonds is 5. The van der Waals surface area contributed by atoms with Gasteiger partial charge >= 0.3 is 0 Å². The van der Waals surface area contributed by atoms with Crippen LogP contribution < -0.4 is 11.3 Å². The summed E-state index contributed by atoms with van der Waals surface area (Å²) in [5, 5.41) is 5.08. The number of nitrogens with two attached hydrogens (primary N) is 1. The summed E-state index contributed by atoms with van der Waals surface area (Å²) in [5.41, 5.74) is 6.46. The third-order valence-corrected chi connectivity index (χ3v) is 4.97. The Balaban J connectivity index is 1.73. The molecule has 0 radical (unpaired) electrons. The highest BCUT2D eigenvalue weighted by molar-refractivity contribution is 6.30. The minimum atomic E-state index is 0.232. The van der Waals surface area contributed by atoms with E-state index in [1.807, 2.05) is 14.0 Å². The van der Waals surface area contributed by atoms with Crippen LogP contribution in [0.15, 0.2) is 30.3 Å². The fourth-order valence-electron chi connectivity index (χ4n) is 3.20. The first-order chi connectivity index (χ1) is 10.1. The molecule has 1 saturated carbocycles. The zero-order chi connectivity index (χ0) is 15.0. The summed E-state index contributed by atoms with van der Waals surface area (Å²) in [7, 11) is 1.87. The lowest BCUT2D eigenvalue weighted by molar-refractivity contribution is 0.463. The van der Waals surface area contributed by atoms with E-state index >= 15 is 0 Å². The molecule has 3 rings (SSSR count). The average Bonchev–Trinajstić information content (AvgIpc) is 3.24. The van der Waals surface area contributed by atoms with Gasteiger partial charge in [0.2, 0.25) is 0 Å². The number of nitrogens with zero attached hydrogens (tertiary/aromatic N) is 2. The Labute approximate surface area is 130 Å². The molecule has 2 aromatic rings. The van der Waals surface area contributed by atoms with Crippen LogP contribution in [0.2, 0.25) is 5.15 Å². The van der Waals surface area contributed by atoms with Gasteiger partial charge in [-0.25, -0.2) is 0 Å². The molecule has 0 bridgehead atoms. The summed E-state index contributed by atoms with van der Waals surface area (Å²) in [4.78, 5) is 0. The van der Waals surface area contributed by atoms with Crippen LogP contribution >= 0.6 is 11.6 Å². The predicted molar refractivity (Wildman–Crippen MR) is 85.1 cm³/mol. The molecule has 0 saturated heterocycles. The normalized spacial score (nSPS) is 22.3. The third kappa shape index (κ3) is 2.84.